The van der Waals surface area contributed by atoms with E-state index in [0.29, 0.717) is 13.1 Å². The van der Waals surface area contributed by atoms with E-state index in [0.717, 1.165) is 27.7 Å². The van der Waals surface area contributed by atoms with Crippen molar-refractivity contribution in [1.82, 2.24) is 0 Å². The van der Waals surface area contributed by atoms with E-state index in [1.54, 1.807) is 0 Å². The second-order valence-electron chi connectivity index (χ2n) is 3.69. The molecule has 32 heavy (non-hydrogen) atoms. The van der Waals surface area contributed by atoms with Crippen LogP contribution in [-0.2, 0) is 19.2 Å². The van der Waals surface area contributed by atoms with E-state index in [4.69, 9.17) is 96.3 Å². The van der Waals surface area contributed by atoms with Crippen LogP contribution in [-0.4, -0.2) is 125 Å². The third-order valence-corrected chi connectivity index (χ3v) is 0.167. The molecule has 0 rings (SSSR count). The molecule has 17 N–H and O–H groups in total. The number of hydrogen-bond donors (Lipinski definition) is 15. The molecule has 0 aromatic carbocycles. The lowest BCUT2D eigenvalue weighted by Crippen LogP contribution is -2.11. The number of aliphatic carboxylic acids is 4. The van der Waals surface area contributed by atoms with Crippen LogP contribution < -0.4 is 11.5 Å². The van der Waals surface area contributed by atoms with Crippen LogP contribution in [0.5, 0.6) is 0 Å². The van der Waals surface area contributed by atoms with Gasteiger partial charge in [0.2, 0.25) is 0 Å². The standard InChI is InChI=1S/C2H8N2.4C2H4O2.3BH3O3/c3-1-2-4;4*1-2(3)4;3*2-1(3)4/h1-4H2;4*1H3,(H,3,4);3*2-4H. The summed E-state index contributed by atoms with van der Waals surface area (Å²) in [5, 5.41) is 94.2. The maximum Gasteiger partial charge on any atom is 0.631 e. The van der Waals surface area contributed by atoms with Crippen molar-refractivity contribution in [2.75, 3.05) is 13.1 Å². The second-order valence-corrected chi connectivity index (χ2v) is 3.69. The Labute approximate surface area is 183 Å². The van der Waals surface area contributed by atoms with E-state index in [-0.39, 0.29) is 0 Å². The fourth-order valence-electron chi connectivity index (χ4n) is 0. The Morgan fingerprint density at radius 2 is 0.500 bits per heavy atom. The van der Waals surface area contributed by atoms with Crippen LogP contribution >= 0.6 is 0 Å². The molecule has 0 unspecified atom stereocenters. The van der Waals surface area contributed by atoms with Crippen molar-refractivity contribution in [2.24, 2.45) is 11.5 Å². The summed E-state index contributed by atoms with van der Waals surface area (Å²) in [6.45, 7) is 5.53. The third-order valence-electron chi connectivity index (χ3n) is 0.167. The molecule has 0 aliphatic carbocycles. The molecule has 0 fully saturated rings. The molecule has 0 bridgehead atoms. The molecule has 0 aliphatic heterocycles. The first-order valence-corrected chi connectivity index (χ1v) is 7.35. The molecule has 19 nitrogen and oxygen atoms in total. The molecule has 0 amide bonds. The van der Waals surface area contributed by atoms with Gasteiger partial charge < -0.3 is 77.1 Å². The van der Waals surface area contributed by atoms with Crippen LogP contribution in [0.2, 0.25) is 0 Å². The van der Waals surface area contributed by atoms with Crippen molar-refractivity contribution in [3.05, 3.63) is 0 Å². The van der Waals surface area contributed by atoms with Gasteiger partial charge in [-0.15, -0.1) is 0 Å². The highest BCUT2D eigenvalue weighted by atomic mass is 16.5. The summed E-state index contributed by atoms with van der Waals surface area (Å²) in [4.78, 5) is 36.0. The summed E-state index contributed by atoms with van der Waals surface area (Å²) in [5.41, 5.74) is 9.81. The zero-order chi connectivity index (χ0) is 28.5. The lowest BCUT2D eigenvalue weighted by Gasteiger charge is -1.72. The van der Waals surface area contributed by atoms with Gasteiger partial charge in [0.25, 0.3) is 23.9 Å². The largest absolute Gasteiger partial charge is 0.631 e. The smallest absolute Gasteiger partial charge is 0.481 e. The van der Waals surface area contributed by atoms with Gasteiger partial charge in [-0.25, -0.2) is 0 Å². The normalized spacial score (nSPS) is 6.59. The van der Waals surface area contributed by atoms with E-state index < -0.39 is 45.8 Å². The monoisotopic (exact) mass is 486 g/mol. The van der Waals surface area contributed by atoms with E-state index in [1.165, 1.54) is 0 Å². The van der Waals surface area contributed by atoms with Crippen LogP contribution in [0.4, 0.5) is 0 Å². The van der Waals surface area contributed by atoms with Gasteiger partial charge in [0, 0.05) is 40.8 Å². The highest BCUT2D eigenvalue weighted by Gasteiger charge is 1.93. The van der Waals surface area contributed by atoms with Gasteiger partial charge in [-0.1, -0.05) is 0 Å². The summed E-state index contributed by atoms with van der Waals surface area (Å²) in [7, 11) is -6.50. The van der Waals surface area contributed by atoms with Gasteiger partial charge in [-0.3, -0.25) is 19.2 Å². The molecule has 0 radical (unpaired) electrons. The number of carbonyl (C=O) groups is 4. The first kappa shape index (κ1) is 51.9. The van der Waals surface area contributed by atoms with Crippen molar-refractivity contribution in [2.45, 2.75) is 27.7 Å². The summed E-state index contributed by atoms with van der Waals surface area (Å²) >= 11 is 0. The Hall–Kier alpha value is -2.37. The van der Waals surface area contributed by atoms with E-state index in [9.17, 15) is 0 Å². The molecule has 0 saturated heterocycles. The average Bonchev–Trinajstić information content (AvgIpc) is 2.42. The van der Waals surface area contributed by atoms with E-state index in [1.807, 2.05) is 0 Å². The first-order valence-electron chi connectivity index (χ1n) is 7.35. The lowest BCUT2D eigenvalue weighted by molar-refractivity contribution is -0.135. The molecule has 0 spiro atoms. The van der Waals surface area contributed by atoms with Crippen LogP contribution in [0.3, 0.4) is 0 Å². The van der Waals surface area contributed by atoms with Gasteiger partial charge in [-0.2, -0.15) is 0 Å². The zero-order valence-corrected chi connectivity index (χ0v) is 17.7. The molecule has 0 saturated carbocycles. The number of rotatable bonds is 1. The van der Waals surface area contributed by atoms with Crippen molar-refractivity contribution >= 4 is 45.8 Å². The fraction of sp³-hybridized carbons (Fsp3) is 0.600. The maximum absolute atomic E-state index is 9.00. The highest BCUT2D eigenvalue weighted by molar-refractivity contribution is 6.31. The number of carboxylic acid groups (broad SMARTS) is 4. The first-order chi connectivity index (χ1) is 14.0. The molecule has 0 aromatic rings. The zero-order valence-electron chi connectivity index (χ0n) is 17.7. The average molecular weight is 486 g/mol. The van der Waals surface area contributed by atoms with Crippen molar-refractivity contribution < 1.29 is 84.8 Å². The molecule has 0 aromatic heterocycles. The van der Waals surface area contributed by atoms with Gasteiger partial charge in [0.1, 0.15) is 0 Å². The van der Waals surface area contributed by atoms with Gasteiger partial charge >= 0.3 is 22.0 Å². The van der Waals surface area contributed by atoms with Crippen LogP contribution in [0.1, 0.15) is 27.7 Å². The quantitative estimate of drug-likeness (QED) is 0.153. The SMILES string of the molecule is CC(=O)O.CC(=O)O.CC(=O)O.CC(=O)O.NCCN.OB(O)O.OB(O)O.OB(O)O. The van der Waals surface area contributed by atoms with Gasteiger partial charge in [-0.05, 0) is 0 Å². The number of nitrogens with two attached hydrogens (primary N) is 2. The summed E-state index contributed by atoms with van der Waals surface area (Å²) < 4.78 is 0. The second kappa shape index (κ2) is 51.4. The summed E-state index contributed by atoms with van der Waals surface area (Å²) in [6, 6.07) is 0. The predicted octanol–water partition coefficient (Wildman–Crippen LogP) is -6.89. The number of hydrogen-bond acceptors (Lipinski definition) is 15. The Kier molecular flexibility index (Phi) is 83.3. The third kappa shape index (κ3) is 10500. The van der Waals surface area contributed by atoms with Gasteiger partial charge in [0.15, 0.2) is 0 Å². The van der Waals surface area contributed by atoms with Crippen LogP contribution in [0, 0.1) is 0 Å². The minimum absolute atomic E-state index is 0.597. The Morgan fingerprint density at radius 1 is 0.469 bits per heavy atom. The van der Waals surface area contributed by atoms with E-state index in [2.05, 4.69) is 0 Å². The minimum Gasteiger partial charge on any atom is -0.481 e. The summed E-state index contributed by atoms with van der Waals surface area (Å²) in [6.07, 6.45) is 0. The minimum atomic E-state index is -2.17. The molecular formula is C10H33B3N2O17. The van der Waals surface area contributed by atoms with Crippen LogP contribution in [0.25, 0.3) is 0 Å². The van der Waals surface area contributed by atoms with Crippen LogP contribution in [0.15, 0.2) is 0 Å². The van der Waals surface area contributed by atoms with E-state index >= 15 is 0 Å². The molecule has 22 heteroatoms. The summed E-state index contributed by atoms with van der Waals surface area (Å²) in [5.74, 6) is -3.33. The molecular weight excluding hydrogens is 453 g/mol. The Balaban J connectivity index is -0.0000000343. The molecule has 194 valence electrons. The maximum atomic E-state index is 9.00. The molecule has 0 aliphatic rings. The molecule has 0 atom stereocenters. The molecule has 0 heterocycles. The topological polar surface area (TPSA) is 383 Å². The Bertz CT molecular complexity index is 299. The fourth-order valence-corrected chi connectivity index (χ4v) is 0. The van der Waals surface area contributed by atoms with Crippen molar-refractivity contribution in [1.29, 1.82) is 0 Å². The van der Waals surface area contributed by atoms with Gasteiger partial charge in [0.05, 0.1) is 0 Å². The van der Waals surface area contributed by atoms with Crippen molar-refractivity contribution in [3.63, 3.8) is 0 Å². The lowest BCUT2D eigenvalue weighted by atomic mass is 10.3. The highest BCUT2D eigenvalue weighted by Crippen LogP contribution is 1.43. The predicted molar refractivity (Wildman–Crippen MR) is 109 cm³/mol. The Morgan fingerprint density at radius 3 is 0.500 bits per heavy atom. The number of carboxylic acids is 4. The van der Waals surface area contributed by atoms with Crippen molar-refractivity contribution in [3.8, 4) is 0 Å².